The van der Waals surface area contributed by atoms with Crippen molar-refractivity contribution in [1.82, 2.24) is 10.6 Å². The van der Waals surface area contributed by atoms with E-state index in [1.54, 1.807) is 0 Å². The van der Waals surface area contributed by atoms with Crippen molar-refractivity contribution in [3.63, 3.8) is 0 Å². The number of aliphatic imine (C=N–C) groups is 1. The van der Waals surface area contributed by atoms with Crippen molar-refractivity contribution >= 4 is 5.96 Å². The highest BCUT2D eigenvalue weighted by atomic mass is 16.3. The first kappa shape index (κ1) is 10.6. The summed E-state index contributed by atoms with van der Waals surface area (Å²) < 4.78 is 0. The molecular formula is C13H17N3O. The summed E-state index contributed by atoms with van der Waals surface area (Å²) in [7, 11) is 0. The van der Waals surface area contributed by atoms with Crippen LogP contribution in [0.1, 0.15) is 24.0 Å². The summed E-state index contributed by atoms with van der Waals surface area (Å²) in [4.78, 5) is 4.28. The van der Waals surface area contributed by atoms with Crippen LogP contribution in [0, 0.1) is 0 Å². The molecule has 0 spiro atoms. The highest BCUT2D eigenvalue weighted by Gasteiger charge is 2.35. The number of nitrogens with zero attached hydrogens (tertiary/aromatic N) is 1. The van der Waals surface area contributed by atoms with Gasteiger partial charge in [0.1, 0.15) is 0 Å². The van der Waals surface area contributed by atoms with Gasteiger partial charge in [0.05, 0.1) is 6.54 Å². The molecule has 1 atom stereocenters. The van der Waals surface area contributed by atoms with Gasteiger partial charge in [0.15, 0.2) is 11.7 Å². The summed E-state index contributed by atoms with van der Waals surface area (Å²) in [5.74, 6) is 0.712. The van der Waals surface area contributed by atoms with Crippen LogP contribution in [0.15, 0.2) is 29.3 Å². The first-order valence-corrected chi connectivity index (χ1v) is 6.15. The van der Waals surface area contributed by atoms with Gasteiger partial charge in [-0.05, 0) is 24.8 Å². The minimum absolute atomic E-state index is 0.712. The van der Waals surface area contributed by atoms with Gasteiger partial charge in [-0.2, -0.15) is 0 Å². The second-order valence-corrected chi connectivity index (χ2v) is 4.65. The zero-order valence-electron chi connectivity index (χ0n) is 9.74. The molecule has 90 valence electrons. The van der Waals surface area contributed by atoms with Crippen LogP contribution in [0.25, 0.3) is 0 Å². The molecule has 4 heteroatoms. The molecule has 1 aliphatic carbocycles. The van der Waals surface area contributed by atoms with Gasteiger partial charge in [-0.15, -0.1) is 0 Å². The highest BCUT2D eigenvalue weighted by molar-refractivity contribution is 5.82. The maximum absolute atomic E-state index is 10.8. The summed E-state index contributed by atoms with van der Waals surface area (Å²) in [6, 6.07) is 8.08. The van der Waals surface area contributed by atoms with Crippen LogP contribution in [-0.4, -0.2) is 24.2 Å². The largest absolute Gasteiger partial charge is 0.367 e. The minimum Gasteiger partial charge on any atom is -0.367 e. The van der Waals surface area contributed by atoms with Crippen LogP contribution >= 0.6 is 0 Å². The van der Waals surface area contributed by atoms with Crippen LogP contribution in [0.2, 0.25) is 0 Å². The smallest absolute Gasteiger partial charge is 0.193 e. The highest BCUT2D eigenvalue weighted by Crippen LogP contribution is 2.32. The summed E-state index contributed by atoms with van der Waals surface area (Å²) in [5, 5.41) is 17.0. The van der Waals surface area contributed by atoms with Gasteiger partial charge >= 0.3 is 0 Å². The summed E-state index contributed by atoms with van der Waals surface area (Å²) >= 11 is 0. The van der Waals surface area contributed by atoms with Gasteiger partial charge in [-0.25, -0.2) is 0 Å². The molecular weight excluding hydrogens is 214 g/mol. The van der Waals surface area contributed by atoms with E-state index in [9.17, 15) is 5.11 Å². The van der Waals surface area contributed by atoms with Crippen molar-refractivity contribution in [3.05, 3.63) is 35.4 Å². The van der Waals surface area contributed by atoms with Gasteiger partial charge in [0, 0.05) is 12.1 Å². The van der Waals surface area contributed by atoms with Crippen LogP contribution in [0.3, 0.4) is 0 Å². The Morgan fingerprint density at radius 1 is 1.35 bits per heavy atom. The molecule has 0 aromatic heterocycles. The number of nitrogens with one attached hydrogen (secondary N) is 2. The van der Waals surface area contributed by atoms with Gasteiger partial charge in [0.25, 0.3) is 0 Å². The molecule has 1 unspecified atom stereocenters. The van der Waals surface area contributed by atoms with Crippen molar-refractivity contribution in [2.45, 2.75) is 25.0 Å². The van der Waals surface area contributed by atoms with Crippen molar-refractivity contribution in [3.8, 4) is 0 Å². The summed E-state index contributed by atoms with van der Waals surface area (Å²) in [6.45, 7) is 1.63. The Labute approximate surface area is 101 Å². The monoisotopic (exact) mass is 231 g/mol. The Bertz CT molecular complexity index is 458. The molecule has 0 fully saturated rings. The number of hydrogen-bond donors (Lipinski definition) is 3. The molecule has 1 aliphatic heterocycles. The molecule has 1 aromatic carbocycles. The molecule has 1 heterocycles. The average molecular weight is 231 g/mol. The van der Waals surface area contributed by atoms with E-state index in [2.05, 4.69) is 21.7 Å². The quantitative estimate of drug-likeness (QED) is 0.624. The van der Waals surface area contributed by atoms with E-state index in [1.807, 2.05) is 18.2 Å². The lowest BCUT2D eigenvalue weighted by Gasteiger charge is -2.35. The summed E-state index contributed by atoms with van der Waals surface area (Å²) in [6.07, 6.45) is 2.76. The fourth-order valence-electron chi connectivity index (χ4n) is 2.62. The molecule has 4 nitrogen and oxygen atoms in total. The van der Waals surface area contributed by atoms with E-state index in [-0.39, 0.29) is 0 Å². The van der Waals surface area contributed by atoms with Crippen molar-refractivity contribution < 1.29 is 5.11 Å². The molecule has 0 bridgehead atoms. The molecule has 0 radical (unpaired) electrons. The van der Waals surface area contributed by atoms with Crippen LogP contribution in [0.5, 0.6) is 0 Å². The number of fused-ring (bicyclic) bond motifs is 1. The molecule has 0 saturated heterocycles. The van der Waals surface area contributed by atoms with Gasteiger partial charge in [0.2, 0.25) is 0 Å². The minimum atomic E-state index is -0.967. The fraction of sp³-hybridized carbons (Fsp3) is 0.462. The molecule has 17 heavy (non-hydrogen) atoms. The lowest BCUT2D eigenvalue weighted by molar-refractivity contribution is 0.00248. The Kier molecular flexibility index (Phi) is 2.52. The number of aryl methyl sites for hydroxylation is 1. The van der Waals surface area contributed by atoms with E-state index in [0.717, 1.165) is 37.9 Å². The predicted octanol–water partition coefficient (Wildman–Crippen LogP) is 0.717. The second kappa shape index (κ2) is 4.04. The third kappa shape index (κ3) is 1.89. The third-order valence-corrected chi connectivity index (χ3v) is 3.45. The maximum Gasteiger partial charge on any atom is 0.193 e. The van der Waals surface area contributed by atoms with Crippen LogP contribution in [0.4, 0.5) is 0 Å². The fourth-order valence-corrected chi connectivity index (χ4v) is 2.62. The standard InChI is InChI=1S/C13H17N3O/c17-13(16-12-14-8-9-15-12)7-3-5-10-4-1-2-6-11(10)13/h1-2,4,6,17H,3,5,7-9H2,(H2,14,15,16). The van der Waals surface area contributed by atoms with E-state index in [1.165, 1.54) is 5.56 Å². The number of aliphatic hydroxyl groups is 1. The van der Waals surface area contributed by atoms with Gasteiger partial charge in [-0.3, -0.25) is 4.99 Å². The zero-order chi connectivity index (χ0) is 11.7. The third-order valence-electron chi connectivity index (χ3n) is 3.45. The lowest BCUT2D eigenvalue weighted by atomic mass is 9.85. The Morgan fingerprint density at radius 2 is 2.24 bits per heavy atom. The van der Waals surface area contributed by atoms with E-state index in [0.29, 0.717) is 5.96 Å². The maximum atomic E-state index is 10.8. The van der Waals surface area contributed by atoms with E-state index < -0.39 is 5.72 Å². The van der Waals surface area contributed by atoms with E-state index in [4.69, 9.17) is 0 Å². The molecule has 3 N–H and O–H groups in total. The van der Waals surface area contributed by atoms with E-state index >= 15 is 0 Å². The molecule has 1 aromatic rings. The Hall–Kier alpha value is -1.55. The molecule has 0 amide bonds. The van der Waals surface area contributed by atoms with Crippen molar-refractivity contribution in [2.24, 2.45) is 4.99 Å². The first-order valence-electron chi connectivity index (χ1n) is 6.15. The Balaban J connectivity index is 1.92. The molecule has 2 aliphatic rings. The predicted molar refractivity (Wildman–Crippen MR) is 66.7 cm³/mol. The zero-order valence-corrected chi connectivity index (χ0v) is 9.74. The lowest BCUT2D eigenvalue weighted by Crippen LogP contribution is -2.51. The molecule has 3 rings (SSSR count). The number of guanidine groups is 1. The van der Waals surface area contributed by atoms with Crippen LogP contribution in [-0.2, 0) is 12.1 Å². The number of hydrogen-bond acceptors (Lipinski definition) is 4. The van der Waals surface area contributed by atoms with Gasteiger partial charge in [-0.1, -0.05) is 24.3 Å². The first-order chi connectivity index (χ1) is 8.28. The van der Waals surface area contributed by atoms with Gasteiger partial charge < -0.3 is 15.7 Å². The van der Waals surface area contributed by atoms with Crippen LogP contribution < -0.4 is 10.6 Å². The second-order valence-electron chi connectivity index (χ2n) is 4.65. The van der Waals surface area contributed by atoms with Crippen molar-refractivity contribution in [2.75, 3.05) is 13.1 Å². The SMILES string of the molecule is OC1(NC2=NCCN2)CCCc2ccccc21. The summed E-state index contributed by atoms with van der Waals surface area (Å²) in [5.41, 5.74) is 1.25. The number of benzene rings is 1. The number of rotatable bonds is 1. The topological polar surface area (TPSA) is 56.6 Å². The normalized spacial score (nSPS) is 27.0. The molecule has 0 saturated carbocycles. The van der Waals surface area contributed by atoms with Crippen molar-refractivity contribution in [1.29, 1.82) is 0 Å². The Morgan fingerprint density at radius 3 is 3.06 bits per heavy atom. The average Bonchev–Trinajstić information content (AvgIpc) is 2.82.